The summed E-state index contributed by atoms with van der Waals surface area (Å²) in [7, 11) is 0. The molecule has 0 saturated carbocycles. The fourth-order valence-corrected chi connectivity index (χ4v) is 3.31. The van der Waals surface area contributed by atoms with Crippen LogP contribution in [0, 0.1) is 5.92 Å². The number of hydrogen-bond donors (Lipinski definition) is 2. The van der Waals surface area contributed by atoms with Gasteiger partial charge in [0.2, 0.25) is 0 Å². The van der Waals surface area contributed by atoms with Gasteiger partial charge in [0.15, 0.2) is 0 Å². The van der Waals surface area contributed by atoms with Crippen molar-refractivity contribution >= 4 is 23.2 Å². The molecule has 4 nitrogen and oxygen atoms in total. The number of carboxylic acid groups (broad SMARTS) is 1. The van der Waals surface area contributed by atoms with E-state index >= 15 is 0 Å². The monoisotopic (exact) mass is 267 g/mol. The Balaban J connectivity index is 1.97. The second-order valence-corrected chi connectivity index (χ2v) is 5.94. The number of hydrogen-bond acceptors (Lipinski definition) is 3. The van der Waals surface area contributed by atoms with Gasteiger partial charge in [-0.15, -0.1) is 11.3 Å². The second-order valence-electron chi connectivity index (χ2n) is 4.81. The van der Waals surface area contributed by atoms with Crippen LogP contribution in [0.1, 0.15) is 39.9 Å². The van der Waals surface area contributed by atoms with E-state index in [1.54, 1.807) is 11.3 Å². The summed E-state index contributed by atoms with van der Waals surface area (Å²) < 4.78 is 0. The molecule has 0 bridgehead atoms. The van der Waals surface area contributed by atoms with Crippen molar-refractivity contribution in [3.8, 4) is 0 Å². The number of rotatable bonds is 4. The minimum Gasteiger partial charge on any atom is -0.481 e. The summed E-state index contributed by atoms with van der Waals surface area (Å²) in [6.07, 6.45) is 3.26. The summed E-state index contributed by atoms with van der Waals surface area (Å²) in [6.45, 7) is 2.42. The van der Waals surface area contributed by atoms with E-state index in [9.17, 15) is 9.59 Å². The number of carbonyl (C=O) groups is 2. The van der Waals surface area contributed by atoms with Crippen molar-refractivity contribution in [2.24, 2.45) is 5.92 Å². The van der Waals surface area contributed by atoms with E-state index in [1.807, 2.05) is 6.07 Å². The van der Waals surface area contributed by atoms with Crippen LogP contribution in [0.4, 0.5) is 0 Å². The number of aryl methyl sites for hydroxylation is 1. The van der Waals surface area contributed by atoms with Gasteiger partial charge in [-0.1, -0.05) is 6.92 Å². The van der Waals surface area contributed by atoms with Crippen LogP contribution in [0.15, 0.2) is 6.07 Å². The van der Waals surface area contributed by atoms with Gasteiger partial charge < -0.3 is 10.4 Å². The van der Waals surface area contributed by atoms with E-state index in [0.717, 1.165) is 12.8 Å². The lowest BCUT2D eigenvalue weighted by Gasteiger charge is -2.16. The van der Waals surface area contributed by atoms with Crippen molar-refractivity contribution in [2.75, 3.05) is 6.54 Å². The van der Waals surface area contributed by atoms with Gasteiger partial charge in [-0.3, -0.25) is 9.59 Å². The Morgan fingerprint density at radius 3 is 3.06 bits per heavy atom. The second kappa shape index (κ2) is 5.52. The van der Waals surface area contributed by atoms with E-state index in [1.165, 1.54) is 16.9 Å². The number of carboxylic acids is 1. The standard InChI is InChI=1S/C13H17NO3S/c1-8-2-3-10-9(6-8)7-11(18-10)13(17)14-5-4-12(15)16/h7-8H,2-6H2,1H3,(H,14,17)(H,15,16). The number of thiophene rings is 1. The number of amides is 1. The molecular formula is C13H17NO3S. The van der Waals surface area contributed by atoms with Crippen LogP contribution in [0.5, 0.6) is 0 Å². The highest BCUT2D eigenvalue weighted by Gasteiger charge is 2.20. The molecule has 18 heavy (non-hydrogen) atoms. The molecule has 0 radical (unpaired) electrons. The van der Waals surface area contributed by atoms with Gasteiger partial charge in [0.05, 0.1) is 11.3 Å². The molecule has 1 atom stereocenters. The first-order valence-corrected chi connectivity index (χ1v) is 6.99. The smallest absolute Gasteiger partial charge is 0.305 e. The van der Waals surface area contributed by atoms with Gasteiger partial charge in [-0.25, -0.2) is 0 Å². The fourth-order valence-electron chi connectivity index (χ4n) is 2.19. The Bertz CT molecular complexity index is 467. The van der Waals surface area contributed by atoms with Crippen molar-refractivity contribution < 1.29 is 14.7 Å². The summed E-state index contributed by atoms with van der Waals surface area (Å²) in [6, 6.07) is 1.96. The zero-order valence-electron chi connectivity index (χ0n) is 10.4. The van der Waals surface area contributed by atoms with E-state index in [2.05, 4.69) is 12.2 Å². The van der Waals surface area contributed by atoms with Crippen LogP contribution in [0.2, 0.25) is 0 Å². The molecule has 0 saturated heterocycles. The van der Waals surface area contributed by atoms with Crippen molar-refractivity contribution in [3.63, 3.8) is 0 Å². The topological polar surface area (TPSA) is 66.4 Å². The zero-order valence-corrected chi connectivity index (χ0v) is 11.2. The average Bonchev–Trinajstić information content (AvgIpc) is 2.71. The van der Waals surface area contributed by atoms with Gasteiger partial charge >= 0.3 is 5.97 Å². The maximum Gasteiger partial charge on any atom is 0.305 e. The number of carbonyl (C=O) groups excluding carboxylic acids is 1. The summed E-state index contributed by atoms with van der Waals surface area (Å²) in [5, 5.41) is 11.2. The minimum absolute atomic E-state index is 0.0339. The lowest BCUT2D eigenvalue weighted by molar-refractivity contribution is -0.136. The van der Waals surface area contributed by atoms with Crippen molar-refractivity contribution in [1.29, 1.82) is 0 Å². The Labute approximate surface area is 110 Å². The largest absolute Gasteiger partial charge is 0.481 e. The van der Waals surface area contributed by atoms with Crippen LogP contribution in [0.3, 0.4) is 0 Å². The summed E-state index contributed by atoms with van der Waals surface area (Å²) in [5.74, 6) is -0.354. The first-order chi connectivity index (χ1) is 8.56. The summed E-state index contributed by atoms with van der Waals surface area (Å²) >= 11 is 1.54. The van der Waals surface area contributed by atoms with E-state index < -0.39 is 5.97 Å². The quantitative estimate of drug-likeness (QED) is 0.877. The first-order valence-electron chi connectivity index (χ1n) is 6.18. The zero-order chi connectivity index (χ0) is 13.1. The molecule has 2 rings (SSSR count). The SMILES string of the molecule is CC1CCc2sc(C(=O)NCCC(=O)O)cc2C1. The fraction of sp³-hybridized carbons (Fsp3) is 0.538. The van der Waals surface area contributed by atoms with Crippen LogP contribution in [-0.4, -0.2) is 23.5 Å². The number of fused-ring (bicyclic) bond motifs is 1. The third-order valence-corrected chi connectivity index (χ3v) is 4.41. The molecule has 0 aromatic carbocycles. The molecule has 98 valence electrons. The molecule has 1 heterocycles. The van der Waals surface area contributed by atoms with Crippen molar-refractivity contribution in [3.05, 3.63) is 21.4 Å². The van der Waals surface area contributed by atoms with Gasteiger partial charge in [0.25, 0.3) is 5.91 Å². The highest BCUT2D eigenvalue weighted by molar-refractivity contribution is 7.14. The Morgan fingerprint density at radius 1 is 1.56 bits per heavy atom. The maximum atomic E-state index is 11.8. The Hall–Kier alpha value is -1.36. The minimum atomic E-state index is -0.894. The van der Waals surface area contributed by atoms with Crippen LogP contribution in [-0.2, 0) is 17.6 Å². The molecule has 1 amide bonds. The van der Waals surface area contributed by atoms with Gasteiger partial charge in [0, 0.05) is 11.4 Å². The molecular weight excluding hydrogens is 250 g/mol. The molecule has 0 spiro atoms. The van der Waals surface area contributed by atoms with Crippen molar-refractivity contribution in [2.45, 2.75) is 32.6 Å². The van der Waals surface area contributed by atoms with Crippen LogP contribution in [0.25, 0.3) is 0 Å². The van der Waals surface area contributed by atoms with E-state index in [-0.39, 0.29) is 18.9 Å². The summed E-state index contributed by atoms with van der Waals surface area (Å²) in [4.78, 5) is 24.2. The first kappa shape index (κ1) is 13.1. The Kier molecular flexibility index (Phi) is 4.01. The van der Waals surface area contributed by atoms with E-state index in [4.69, 9.17) is 5.11 Å². The molecule has 1 aromatic rings. The molecule has 1 unspecified atom stereocenters. The predicted octanol–water partition coefficient (Wildman–Crippen LogP) is 2.08. The Morgan fingerprint density at radius 2 is 2.33 bits per heavy atom. The molecule has 5 heteroatoms. The highest BCUT2D eigenvalue weighted by Crippen LogP contribution is 2.32. The normalized spacial score (nSPS) is 18.2. The highest BCUT2D eigenvalue weighted by atomic mass is 32.1. The van der Waals surface area contributed by atoms with Gasteiger partial charge in [0.1, 0.15) is 0 Å². The number of nitrogens with one attached hydrogen (secondary N) is 1. The van der Waals surface area contributed by atoms with Crippen LogP contribution >= 0.6 is 11.3 Å². The van der Waals surface area contributed by atoms with Gasteiger partial charge in [-0.2, -0.15) is 0 Å². The summed E-state index contributed by atoms with van der Waals surface area (Å²) in [5.41, 5.74) is 1.29. The van der Waals surface area contributed by atoms with Crippen LogP contribution < -0.4 is 5.32 Å². The third-order valence-electron chi connectivity index (χ3n) is 3.18. The van der Waals surface area contributed by atoms with E-state index in [0.29, 0.717) is 10.8 Å². The molecule has 1 aromatic heterocycles. The average molecular weight is 267 g/mol. The molecule has 0 aliphatic heterocycles. The molecule has 2 N–H and O–H groups in total. The molecule has 1 aliphatic carbocycles. The molecule has 0 fully saturated rings. The number of aliphatic carboxylic acids is 1. The van der Waals surface area contributed by atoms with Crippen molar-refractivity contribution in [1.82, 2.24) is 5.32 Å². The van der Waals surface area contributed by atoms with Gasteiger partial charge in [-0.05, 0) is 36.8 Å². The predicted molar refractivity (Wildman–Crippen MR) is 70.1 cm³/mol. The lowest BCUT2D eigenvalue weighted by atomic mass is 9.90. The third kappa shape index (κ3) is 3.10. The maximum absolute atomic E-state index is 11.8. The molecule has 1 aliphatic rings. The lowest BCUT2D eigenvalue weighted by Crippen LogP contribution is -2.25.